The lowest BCUT2D eigenvalue weighted by Crippen LogP contribution is -2.36. The number of rotatable bonds is 10. The van der Waals surface area contributed by atoms with Crippen molar-refractivity contribution in [3.63, 3.8) is 0 Å². The molecule has 12 nitrogen and oxygen atoms in total. The van der Waals surface area contributed by atoms with Crippen LogP contribution in [0.2, 0.25) is 0 Å². The largest absolute Gasteiger partial charge is 0.493 e. The first-order chi connectivity index (χ1) is 19.0. The van der Waals surface area contributed by atoms with E-state index in [1.807, 2.05) is 12.1 Å². The summed E-state index contributed by atoms with van der Waals surface area (Å²) in [4.78, 5) is 16.3. The minimum Gasteiger partial charge on any atom is -0.493 e. The highest BCUT2D eigenvalue weighted by atomic mass is 16.5. The van der Waals surface area contributed by atoms with Crippen molar-refractivity contribution in [2.24, 2.45) is 5.73 Å². The van der Waals surface area contributed by atoms with Crippen LogP contribution in [0.3, 0.4) is 0 Å². The highest BCUT2D eigenvalue weighted by molar-refractivity contribution is 5.93. The van der Waals surface area contributed by atoms with Gasteiger partial charge in [0.25, 0.3) is 0 Å². The average molecular weight is 536 g/mol. The minimum absolute atomic E-state index is 0.173. The van der Waals surface area contributed by atoms with Gasteiger partial charge in [0.1, 0.15) is 12.1 Å². The average Bonchev–Trinajstić information content (AvgIpc) is 3.64. The molecule has 1 aliphatic rings. The molecule has 0 bridgehead atoms. The first-order valence-corrected chi connectivity index (χ1v) is 12.7. The monoisotopic (exact) mass is 535 g/mol. The van der Waals surface area contributed by atoms with E-state index >= 15 is 0 Å². The molecule has 1 saturated heterocycles. The van der Waals surface area contributed by atoms with Gasteiger partial charge < -0.3 is 45.3 Å². The zero-order chi connectivity index (χ0) is 27.5. The molecule has 1 fully saturated rings. The van der Waals surface area contributed by atoms with E-state index in [0.29, 0.717) is 57.7 Å². The lowest BCUT2D eigenvalue weighted by atomic mass is 10.0. The van der Waals surface area contributed by atoms with Crippen molar-refractivity contribution in [2.75, 3.05) is 37.5 Å². The van der Waals surface area contributed by atoms with Crippen LogP contribution >= 0.6 is 0 Å². The maximum Gasteiger partial charge on any atom is 0.230 e. The van der Waals surface area contributed by atoms with Gasteiger partial charge in [0.05, 0.1) is 45.8 Å². The fourth-order valence-electron chi connectivity index (χ4n) is 5.13. The number of nitrogens with one attached hydrogen (secondary N) is 1. The number of aromatic nitrogens is 4. The Hall–Kier alpha value is -3.97. The van der Waals surface area contributed by atoms with Crippen LogP contribution in [0.5, 0.6) is 11.5 Å². The van der Waals surface area contributed by atoms with E-state index in [9.17, 15) is 15.3 Å². The second-order valence-corrected chi connectivity index (χ2v) is 9.33. The fourth-order valence-corrected chi connectivity index (χ4v) is 5.13. The molecule has 3 heterocycles. The molecule has 0 saturated carbocycles. The molecular formula is C27H33N7O5. The number of aliphatic hydroxyl groups is 3. The normalized spacial score (nSPS) is 15.2. The Morgan fingerprint density at radius 2 is 1.72 bits per heavy atom. The molecule has 39 heavy (non-hydrogen) atoms. The predicted molar refractivity (Wildman–Crippen MR) is 147 cm³/mol. The Kier molecular flexibility index (Phi) is 7.79. The quantitative estimate of drug-likeness (QED) is 0.202. The SMILES string of the molecule is COc1cc2nc(Nc3cn(-c4cc(CO)c(CO)c(CO)c4)cn3)nc(N3CCC[C@H]3CN)c2cc1OC. The van der Waals surface area contributed by atoms with Crippen LogP contribution < -0.4 is 25.4 Å². The number of fused-ring (bicyclic) bond motifs is 1. The summed E-state index contributed by atoms with van der Waals surface area (Å²) < 4.78 is 12.8. The molecule has 206 valence electrons. The number of imidazole rings is 1. The maximum atomic E-state index is 9.78. The summed E-state index contributed by atoms with van der Waals surface area (Å²) in [6, 6.07) is 7.39. The standard InChI is InChI=1S/C27H33N7O5/c1-38-23-8-20-22(9-24(23)39-2)30-27(32-26(20)34-5-3-4-18(34)10-28)31-25-11-33(15-29-25)19-6-16(12-35)21(14-37)17(7-19)13-36/h6-9,11,15,18,35-37H,3-5,10,12-14,28H2,1-2H3,(H,30,31,32)/t18-/m0/s1. The van der Waals surface area contributed by atoms with Gasteiger partial charge in [-0.3, -0.25) is 0 Å². The Balaban J connectivity index is 1.54. The van der Waals surface area contributed by atoms with E-state index in [0.717, 1.165) is 30.6 Å². The first-order valence-electron chi connectivity index (χ1n) is 12.7. The van der Waals surface area contributed by atoms with Gasteiger partial charge in [-0.2, -0.15) is 4.98 Å². The molecule has 0 spiro atoms. The fraction of sp³-hybridized carbons (Fsp3) is 0.370. The number of ether oxygens (including phenoxy) is 2. The summed E-state index contributed by atoms with van der Waals surface area (Å²) in [5.41, 5.74) is 9.04. The van der Waals surface area contributed by atoms with Crippen molar-refractivity contribution in [3.8, 4) is 17.2 Å². The summed E-state index contributed by atoms with van der Waals surface area (Å²) in [6.07, 6.45) is 5.38. The van der Waals surface area contributed by atoms with Gasteiger partial charge in [-0.25, -0.2) is 9.97 Å². The first kappa shape index (κ1) is 26.6. The van der Waals surface area contributed by atoms with E-state index < -0.39 is 0 Å². The van der Waals surface area contributed by atoms with E-state index in [-0.39, 0.29) is 25.9 Å². The maximum absolute atomic E-state index is 9.78. The molecule has 0 unspecified atom stereocenters. The summed E-state index contributed by atoms with van der Waals surface area (Å²) in [6.45, 7) is 0.550. The van der Waals surface area contributed by atoms with Crippen LogP contribution in [0.4, 0.5) is 17.6 Å². The van der Waals surface area contributed by atoms with Gasteiger partial charge in [-0.15, -0.1) is 0 Å². The van der Waals surface area contributed by atoms with Crippen LogP contribution in [-0.2, 0) is 19.8 Å². The molecule has 2 aromatic heterocycles. The zero-order valence-corrected chi connectivity index (χ0v) is 22.0. The lowest BCUT2D eigenvalue weighted by molar-refractivity contribution is 0.247. The number of aliphatic hydroxyl groups excluding tert-OH is 3. The van der Waals surface area contributed by atoms with Gasteiger partial charge in [0.15, 0.2) is 17.3 Å². The summed E-state index contributed by atoms with van der Waals surface area (Å²) in [5, 5.41) is 33.3. The molecule has 1 aliphatic heterocycles. The highest BCUT2D eigenvalue weighted by Crippen LogP contribution is 2.38. The molecule has 5 rings (SSSR count). The summed E-state index contributed by atoms with van der Waals surface area (Å²) in [7, 11) is 3.18. The van der Waals surface area contributed by atoms with Crippen LogP contribution in [-0.4, -0.2) is 68.2 Å². The van der Waals surface area contributed by atoms with Crippen molar-refractivity contribution < 1.29 is 24.8 Å². The number of hydrogen-bond donors (Lipinski definition) is 5. The lowest BCUT2D eigenvalue weighted by Gasteiger charge is -2.26. The number of nitrogens with zero attached hydrogens (tertiary/aromatic N) is 5. The molecule has 2 aromatic carbocycles. The van der Waals surface area contributed by atoms with Crippen molar-refractivity contribution in [3.05, 3.63) is 53.5 Å². The molecular weight excluding hydrogens is 502 g/mol. The molecule has 1 atom stereocenters. The van der Waals surface area contributed by atoms with Crippen molar-refractivity contribution in [2.45, 2.75) is 38.7 Å². The summed E-state index contributed by atoms with van der Waals surface area (Å²) >= 11 is 0. The zero-order valence-electron chi connectivity index (χ0n) is 22.0. The molecule has 6 N–H and O–H groups in total. The Bertz CT molecular complexity index is 1450. The van der Waals surface area contributed by atoms with Gasteiger partial charge in [0.2, 0.25) is 5.95 Å². The van der Waals surface area contributed by atoms with Crippen LogP contribution in [0, 0.1) is 0 Å². The van der Waals surface area contributed by atoms with Crippen molar-refractivity contribution in [1.29, 1.82) is 0 Å². The second-order valence-electron chi connectivity index (χ2n) is 9.33. The Labute approximate surface area is 225 Å². The number of nitrogens with two attached hydrogens (primary N) is 1. The number of anilines is 3. The Morgan fingerprint density at radius 3 is 2.36 bits per heavy atom. The molecule has 0 amide bonds. The van der Waals surface area contributed by atoms with E-state index in [4.69, 9.17) is 25.2 Å². The number of benzene rings is 2. The molecule has 4 aromatic rings. The highest BCUT2D eigenvalue weighted by Gasteiger charge is 2.27. The second kappa shape index (κ2) is 11.4. The topological polar surface area (TPSA) is 164 Å². The van der Waals surface area contributed by atoms with Crippen LogP contribution in [0.1, 0.15) is 29.5 Å². The molecule has 12 heteroatoms. The predicted octanol–water partition coefficient (Wildman–Crippen LogP) is 1.98. The molecule has 0 aliphatic carbocycles. The Morgan fingerprint density at radius 1 is 1.00 bits per heavy atom. The number of methoxy groups -OCH3 is 2. The summed E-state index contributed by atoms with van der Waals surface area (Å²) in [5.74, 6) is 2.78. The van der Waals surface area contributed by atoms with Gasteiger partial charge in [0, 0.05) is 36.3 Å². The minimum atomic E-state index is -0.275. The third-order valence-electron chi connectivity index (χ3n) is 7.14. The third kappa shape index (κ3) is 5.06. The van der Waals surface area contributed by atoms with Gasteiger partial charge in [-0.05, 0) is 47.7 Å². The van der Waals surface area contributed by atoms with Gasteiger partial charge in [-0.1, -0.05) is 0 Å². The van der Waals surface area contributed by atoms with E-state index in [1.54, 1.807) is 43.4 Å². The van der Waals surface area contributed by atoms with E-state index in [2.05, 4.69) is 15.2 Å². The van der Waals surface area contributed by atoms with Crippen molar-refractivity contribution in [1.82, 2.24) is 19.5 Å². The van der Waals surface area contributed by atoms with Crippen LogP contribution in [0.15, 0.2) is 36.8 Å². The van der Waals surface area contributed by atoms with Crippen LogP contribution in [0.25, 0.3) is 16.6 Å². The van der Waals surface area contributed by atoms with E-state index in [1.165, 1.54) is 0 Å². The van der Waals surface area contributed by atoms with Crippen molar-refractivity contribution >= 4 is 28.5 Å². The smallest absolute Gasteiger partial charge is 0.230 e. The van der Waals surface area contributed by atoms with Gasteiger partial charge >= 0.3 is 0 Å². The molecule has 0 radical (unpaired) electrons. The number of hydrogen-bond acceptors (Lipinski definition) is 11. The third-order valence-corrected chi connectivity index (χ3v) is 7.14.